The van der Waals surface area contributed by atoms with Gasteiger partial charge in [-0.25, -0.2) is 0 Å². The second kappa shape index (κ2) is 6.57. The van der Waals surface area contributed by atoms with Crippen LogP contribution in [0.25, 0.3) is 0 Å². The van der Waals surface area contributed by atoms with Crippen molar-refractivity contribution in [1.82, 2.24) is 10.5 Å². The van der Waals surface area contributed by atoms with Gasteiger partial charge in [-0.05, 0) is 44.7 Å². The Morgan fingerprint density at radius 3 is 2.95 bits per heavy atom. The zero-order valence-electron chi connectivity index (χ0n) is 12.9. The van der Waals surface area contributed by atoms with Gasteiger partial charge in [0.05, 0.1) is 10.9 Å². The van der Waals surface area contributed by atoms with Crippen molar-refractivity contribution in [2.45, 2.75) is 43.3 Å². The van der Waals surface area contributed by atoms with Gasteiger partial charge >= 0.3 is 0 Å². The van der Waals surface area contributed by atoms with Gasteiger partial charge in [0.2, 0.25) is 5.91 Å². The molecule has 5 heteroatoms. The number of amides is 1. The van der Waals surface area contributed by atoms with Crippen LogP contribution in [0.5, 0.6) is 0 Å². The first kappa shape index (κ1) is 15.2. The monoisotopic (exact) mass is 316 g/mol. The summed E-state index contributed by atoms with van der Waals surface area (Å²) in [4.78, 5) is 13.5. The molecule has 0 unspecified atom stereocenters. The summed E-state index contributed by atoms with van der Waals surface area (Å²) < 4.78 is 5.15. The largest absolute Gasteiger partial charge is 0.361 e. The zero-order chi connectivity index (χ0) is 15.5. The molecule has 0 fully saturated rings. The van der Waals surface area contributed by atoms with E-state index in [4.69, 9.17) is 4.52 Å². The van der Waals surface area contributed by atoms with Crippen LogP contribution in [-0.2, 0) is 17.6 Å². The van der Waals surface area contributed by atoms with Crippen LogP contribution < -0.4 is 5.32 Å². The summed E-state index contributed by atoms with van der Waals surface area (Å²) in [6, 6.07) is 8.25. The van der Waals surface area contributed by atoms with Crippen molar-refractivity contribution in [3.05, 3.63) is 46.8 Å². The minimum Gasteiger partial charge on any atom is -0.361 e. The molecule has 1 aliphatic heterocycles. The maximum absolute atomic E-state index is 12.2. The second-order valence-electron chi connectivity index (χ2n) is 5.62. The average Bonchev–Trinajstić information content (AvgIpc) is 3.08. The van der Waals surface area contributed by atoms with Crippen LogP contribution in [0.2, 0.25) is 0 Å². The molecule has 1 atom stereocenters. The van der Waals surface area contributed by atoms with E-state index >= 15 is 0 Å². The summed E-state index contributed by atoms with van der Waals surface area (Å²) in [6.45, 7) is 4.58. The molecule has 22 heavy (non-hydrogen) atoms. The highest BCUT2D eigenvalue weighted by Gasteiger charge is 2.27. The topological polar surface area (TPSA) is 55.1 Å². The van der Waals surface area contributed by atoms with Crippen LogP contribution in [0.4, 0.5) is 0 Å². The number of benzene rings is 1. The van der Waals surface area contributed by atoms with E-state index < -0.39 is 0 Å². The van der Waals surface area contributed by atoms with Crippen LogP contribution in [0.15, 0.2) is 33.7 Å². The Morgan fingerprint density at radius 2 is 2.23 bits per heavy atom. The maximum Gasteiger partial charge on any atom is 0.233 e. The molecule has 3 rings (SSSR count). The molecule has 0 radical (unpaired) electrons. The number of carbonyl (C=O) groups is 1. The standard InChI is InChI=1S/C17H20N2O2S/c1-11-14(12(2)21-19-11)7-5-9-18-17(20)16-10-13-6-3-4-8-15(13)22-16/h3-4,6,8,16H,5,7,9-10H2,1-2H3,(H,18,20)/t16-/m0/s1. The minimum atomic E-state index is 0.0106. The van der Waals surface area contributed by atoms with Crippen LogP contribution >= 0.6 is 11.8 Å². The quantitative estimate of drug-likeness (QED) is 0.861. The molecule has 2 heterocycles. The number of fused-ring (bicyclic) bond motifs is 1. The highest BCUT2D eigenvalue weighted by molar-refractivity contribution is 8.01. The smallest absolute Gasteiger partial charge is 0.233 e. The molecule has 4 nitrogen and oxygen atoms in total. The number of hydrogen-bond donors (Lipinski definition) is 1. The lowest BCUT2D eigenvalue weighted by molar-refractivity contribution is -0.120. The normalized spacial score (nSPS) is 16.5. The van der Waals surface area contributed by atoms with Crippen LogP contribution in [-0.4, -0.2) is 22.9 Å². The molecule has 2 aromatic rings. The predicted molar refractivity (Wildman–Crippen MR) is 87.1 cm³/mol. The SMILES string of the molecule is Cc1noc(C)c1CCCNC(=O)[C@@H]1Cc2ccccc2S1. The lowest BCUT2D eigenvalue weighted by atomic mass is 10.1. The highest BCUT2D eigenvalue weighted by Crippen LogP contribution is 2.36. The third-order valence-corrected chi connectivity index (χ3v) is 5.34. The Bertz CT molecular complexity index is 637. The first-order valence-electron chi connectivity index (χ1n) is 7.59. The summed E-state index contributed by atoms with van der Waals surface area (Å²) in [5.74, 6) is 1.02. The third kappa shape index (κ3) is 3.19. The lowest BCUT2D eigenvalue weighted by Crippen LogP contribution is -2.33. The number of hydrogen-bond acceptors (Lipinski definition) is 4. The summed E-state index contributed by atoms with van der Waals surface area (Å²) in [7, 11) is 0. The second-order valence-corrected chi connectivity index (χ2v) is 6.86. The Morgan fingerprint density at radius 1 is 1.41 bits per heavy atom. The molecule has 0 saturated heterocycles. The fourth-order valence-corrected chi connectivity index (χ4v) is 4.00. The number of thioether (sulfide) groups is 1. The van der Waals surface area contributed by atoms with Gasteiger partial charge in [0.15, 0.2) is 0 Å². The number of aromatic nitrogens is 1. The lowest BCUT2D eigenvalue weighted by Gasteiger charge is -2.09. The maximum atomic E-state index is 12.2. The summed E-state index contributed by atoms with van der Waals surface area (Å²) in [5.41, 5.74) is 3.39. The molecule has 1 amide bonds. The summed E-state index contributed by atoms with van der Waals surface area (Å²) in [6.07, 6.45) is 2.62. The highest BCUT2D eigenvalue weighted by atomic mass is 32.2. The first-order valence-corrected chi connectivity index (χ1v) is 8.47. The predicted octanol–water partition coefficient (Wildman–Crippen LogP) is 3.06. The van der Waals surface area contributed by atoms with Gasteiger partial charge in [-0.3, -0.25) is 4.79 Å². The summed E-state index contributed by atoms with van der Waals surface area (Å²) >= 11 is 1.67. The van der Waals surface area contributed by atoms with E-state index in [-0.39, 0.29) is 11.2 Å². The van der Waals surface area contributed by atoms with Crippen molar-refractivity contribution in [2.75, 3.05) is 6.54 Å². The first-order chi connectivity index (χ1) is 10.6. The number of carbonyl (C=O) groups excluding carboxylic acids is 1. The number of aryl methyl sites for hydroxylation is 2. The van der Waals surface area contributed by atoms with Crippen LogP contribution in [0.3, 0.4) is 0 Å². The van der Waals surface area contributed by atoms with E-state index in [9.17, 15) is 4.79 Å². The van der Waals surface area contributed by atoms with E-state index in [0.717, 1.165) is 36.3 Å². The zero-order valence-corrected chi connectivity index (χ0v) is 13.7. The molecule has 0 saturated carbocycles. The van der Waals surface area contributed by atoms with Gasteiger partial charge in [0.25, 0.3) is 0 Å². The van der Waals surface area contributed by atoms with Gasteiger partial charge in [0, 0.05) is 17.0 Å². The molecule has 0 spiro atoms. The van der Waals surface area contributed by atoms with Crippen LogP contribution in [0.1, 0.15) is 29.0 Å². The molecule has 1 aromatic carbocycles. The Kier molecular flexibility index (Phi) is 4.52. The van der Waals surface area contributed by atoms with E-state index in [1.807, 2.05) is 26.0 Å². The van der Waals surface area contributed by atoms with E-state index in [2.05, 4.69) is 22.6 Å². The molecular formula is C17H20N2O2S. The molecule has 0 bridgehead atoms. The Labute approximate surface area is 134 Å². The fraction of sp³-hybridized carbons (Fsp3) is 0.412. The van der Waals surface area contributed by atoms with Gasteiger partial charge < -0.3 is 9.84 Å². The number of nitrogens with one attached hydrogen (secondary N) is 1. The van der Waals surface area contributed by atoms with Crippen molar-refractivity contribution in [3.8, 4) is 0 Å². The molecule has 1 aliphatic rings. The van der Waals surface area contributed by atoms with Crippen LogP contribution in [0, 0.1) is 13.8 Å². The molecule has 1 aromatic heterocycles. The average molecular weight is 316 g/mol. The van der Waals surface area contributed by atoms with Crippen molar-refractivity contribution < 1.29 is 9.32 Å². The molecular weight excluding hydrogens is 296 g/mol. The molecule has 1 N–H and O–H groups in total. The fourth-order valence-electron chi connectivity index (χ4n) is 2.78. The summed E-state index contributed by atoms with van der Waals surface area (Å²) in [5, 5.41) is 7.01. The van der Waals surface area contributed by atoms with E-state index in [0.29, 0.717) is 6.54 Å². The Balaban J connectivity index is 1.44. The van der Waals surface area contributed by atoms with Gasteiger partial charge in [-0.1, -0.05) is 23.4 Å². The Hall–Kier alpha value is -1.75. The van der Waals surface area contributed by atoms with Crippen molar-refractivity contribution in [3.63, 3.8) is 0 Å². The molecule has 0 aliphatic carbocycles. The number of rotatable bonds is 5. The minimum absolute atomic E-state index is 0.0106. The van der Waals surface area contributed by atoms with Crippen molar-refractivity contribution in [1.29, 1.82) is 0 Å². The molecule has 116 valence electrons. The van der Waals surface area contributed by atoms with Crippen molar-refractivity contribution >= 4 is 17.7 Å². The van der Waals surface area contributed by atoms with Gasteiger partial charge in [-0.2, -0.15) is 0 Å². The van der Waals surface area contributed by atoms with Crippen molar-refractivity contribution in [2.24, 2.45) is 0 Å². The van der Waals surface area contributed by atoms with E-state index in [1.165, 1.54) is 10.5 Å². The van der Waals surface area contributed by atoms with Gasteiger partial charge in [-0.15, -0.1) is 11.8 Å². The van der Waals surface area contributed by atoms with E-state index in [1.54, 1.807) is 11.8 Å². The van der Waals surface area contributed by atoms with Gasteiger partial charge in [0.1, 0.15) is 5.76 Å². The number of nitrogens with zero attached hydrogens (tertiary/aromatic N) is 1. The third-order valence-electron chi connectivity index (χ3n) is 4.02.